The van der Waals surface area contributed by atoms with Crippen LogP contribution in [0, 0.1) is 5.92 Å². The Labute approximate surface area is 63.7 Å². The highest BCUT2D eigenvalue weighted by atomic mass is 32.1. The maximum atomic E-state index is 10.9. The minimum Gasteiger partial charge on any atom is -0.299 e. The predicted octanol–water partition coefficient (Wildman–Crippen LogP) is 2.05. The Bertz CT molecular complexity index is 250. The number of carbonyl (C=O) groups is 1. The number of hydrogen-bond donors (Lipinski definition) is 0. The summed E-state index contributed by atoms with van der Waals surface area (Å²) in [7, 11) is 0. The lowest BCUT2D eigenvalue weighted by Gasteiger charge is -1.83. The molecule has 1 aromatic heterocycles. The van der Waals surface area contributed by atoms with Crippen molar-refractivity contribution >= 4 is 17.1 Å². The molecule has 1 fully saturated rings. The van der Waals surface area contributed by atoms with E-state index in [4.69, 9.17) is 0 Å². The van der Waals surface area contributed by atoms with E-state index in [-0.39, 0.29) is 5.92 Å². The topological polar surface area (TPSA) is 17.1 Å². The molecule has 1 aliphatic carbocycles. The van der Waals surface area contributed by atoms with Gasteiger partial charge < -0.3 is 0 Å². The molecule has 52 valence electrons. The van der Waals surface area contributed by atoms with Gasteiger partial charge in [-0.3, -0.25) is 4.79 Å². The van der Waals surface area contributed by atoms with Gasteiger partial charge in [-0.25, -0.2) is 0 Å². The molecule has 2 unspecified atom stereocenters. The Balaban J connectivity index is 2.25. The Hall–Kier alpha value is -0.630. The second-order valence-electron chi connectivity index (χ2n) is 2.68. The van der Waals surface area contributed by atoms with Crippen molar-refractivity contribution in [3.63, 3.8) is 0 Å². The van der Waals surface area contributed by atoms with Gasteiger partial charge in [-0.05, 0) is 11.4 Å². The third-order valence-corrected chi connectivity index (χ3v) is 2.95. The van der Waals surface area contributed by atoms with Gasteiger partial charge in [-0.1, -0.05) is 13.0 Å². The average Bonchev–Trinajstić information content (AvgIpc) is 2.37. The minimum absolute atomic E-state index is 0.250. The fourth-order valence-electron chi connectivity index (χ4n) is 1.22. The van der Waals surface area contributed by atoms with Gasteiger partial charge in [0.15, 0.2) is 0 Å². The van der Waals surface area contributed by atoms with Crippen LogP contribution < -0.4 is 0 Å². The minimum atomic E-state index is 0.250. The summed E-state index contributed by atoms with van der Waals surface area (Å²) in [6.07, 6.45) is 0. The first-order chi connectivity index (χ1) is 4.80. The first-order valence-electron chi connectivity index (χ1n) is 3.38. The summed E-state index contributed by atoms with van der Waals surface area (Å²) in [4.78, 5) is 12.2. The van der Waals surface area contributed by atoms with Crippen molar-refractivity contribution in [3.05, 3.63) is 22.4 Å². The molecule has 0 N–H and O–H groups in total. The molecule has 2 rings (SSSR count). The van der Waals surface area contributed by atoms with Crippen molar-refractivity contribution < 1.29 is 4.79 Å². The molecule has 0 aliphatic heterocycles. The highest BCUT2D eigenvalue weighted by molar-refractivity contribution is 7.10. The molecular formula is C8H8OS. The molecule has 0 amide bonds. The van der Waals surface area contributed by atoms with Crippen LogP contribution in [0.2, 0.25) is 0 Å². The van der Waals surface area contributed by atoms with Crippen LogP contribution in [0.15, 0.2) is 17.5 Å². The zero-order chi connectivity index (χ0) is 7.14. The first-order valence-corrected chi connectivity index (χ1v) is 4.26. The number of ketones is 1. The summed E-state index contributed by atoms with van der Waals surface area (Å²) < 4.78 is 0. The van der Waals surface area contributed by atoms with E-state index in [1.165, 1.54) is 4.88 Å². The summed E-state index contributed by atoms with van der Waals surface area (Å²) in [6.45, 7) is 1.99. The van der Waals surface area contributed by atoms with E-state index in [1.807, 2.05) is 24.4 Å². The molecule has 1 nitrogen and oxygen atoms in total. The molecule has 0 aromatic carbocycles. The second-order valence-corrected chi connectivity index (χ2v) is 3.66. The molecular weight excluding hydrogens is 144 g/mol. The third-order valence-electron chi connectivity index (χ3n) is 2.00. The predicted molar refractivity (Wildman–Crippen MR) is 41.2 cm³/mol. The Morgan fingerprint density at radius 3 is 2.70 bits per heavy atom. The fraction of sp³-hybridized carbons (Fsp3) is 0.375. The highest BCUT2D eigenvalue weighted by Gasteiger charge is 2.46. The smallest absolute Gasteiger partial charge is 0.145 e. The first kappa shape index (κ1) is 6.10. The highest BCUT2D eigenvalue weighted by Crippen LogP contribution is 2.44. The van der Waals surface area contributed by atoms with Crippen molar-refractivity contribution in [1.29, 1.82) is 0 Å². The summed E-state index contributed by atoms with van der Waals surface area (Å²) in [5.41, 5.74) is 0. The van der Waals surface area contributed by atoms with Crippen molar-refractivity contribution in [2.45, 2.75) is 12.8 Å². The third kappa shape index (κ3) is 0.721. The van der Waals surface area contributed by atoms with Gasteiger partial charge >= 0.3 is 0 Å². The largest absolute Gasteiger partial charge is 0.299 e. The van der Waals surface area contributed by atoms with Crippen molar-refractivity contribution in [3.8, 4) is 0 Å². The Kier molecular flexibility index (Phi) is 1.17. The normalized spacial score (nSPS) is 30.7. The van der Waals surface area contributed by atoms with Gasteiger partial charge in [0.1, 0.15) is 5.78 Å². The summed E-state index contributed by atoms with van der Waals surface area (Å²) in [5.74, 6) is 0.945. The van der Waals surface area contributed by atoms with Gasteiger partial charge in [-0.2, -0.15) is 0 Å². The van der Waals surface area contributed by atoms with E-state index < -0.39 is 0 Å². The molecule has 0 spiro atoms. The van der Waals surface area contributed by atoms with E-state index in [2.05, 4.69) is 0 Å². The second kappa shape index (κ2) is 1.92. The lowest BCUT2D eigenvalue weighted by Crippen LogP contribution is -1.71. The molecule has 0 bridgehead atoms. The molecule has 1 saturated carbocycles. The van der Waals surface area contributed by atoms with Crippen LogP contribution in [0.3, 0.4) is 0 Å². The number of rotatable bonds is 1. The quantitative estimate of drug-likeness (QED) is 0.602. The molecule has 0 saturated heterocycles. The maximum absolute atomic E-state index is 10.9. The molecule has 0 radical (unpaired) electrons. The Morgan fingerprint density at radius 1 is 1.60 bits per heavy atom. The number of carbonyl (C=O) groups excluding carboxylic acids is 1. The SMILES string of the molecule is CC1C(=O)C1c1cccs1. The lowest BCUT2D eigenvalue weighted by molar-refractivity contribution is -0.111. The van der Waals surface area contributed by atoms with Gasteiger partial charge in [0, 0.05) is 10.8 Å². The molecule has 1 aliphatic rings. The summed E-state index contributed by atoms with van der Waals surface area (Å²) in [5, 5.41) is 2.02. The van der Waals surface area contributed by atoms with Crippen LogP contribution >= 0.6 is 11.3 Å². The number of hydrogen-bond acceptors (Lipinski definition) is 2. The van der Waals surface area contributed by atoms with E-state index >= 15 is 0 Å². The molecule has 1 heterocycles. The van der Waals surface area contributed by atoms with Crippen molar-refractivity contribution in [2.75, 3.05) is 0 Å². The van der Waals surface area contributed by atoms with E-state index in [1.54, 1.807) is 11.3 Å². The van der Waals surface area contributed by atoms with Crippen LogP contribution in [0.25, 0.3) is 0 Å². The van der Waals surface area contributed by atoms with Gasteiger partial charge in [0.25, 0.3) is 0 Å². The zero-order valence-electron chi connectivity index (χ0n) is 5.70. The van der Waals surface area contributed by atoms with Gasteiger partial charge in [0.05, 0.1) is 5.92 Å². The zero-order valence-corrected chi connectivity index (χ0v) is 6.52. The monoisotopic (exact) mass is 152 g/mol. The van der Waals surface area contributed by atoms with Gasteiger partial charge in [0.2, 0.25) is 0 Å². The maximum Gasteiger partial charge on any atom is 0.145 e. The lowest BCUT2D eigenvalue weighted by atomic mass is 10.3. The van der Waals surface area contributed by atoms with Crippen LogP contribution in [-0.2, 0) is 4.79 Å². The Morgan fingerprint density at radius 2 is 2.30 bits per heavy atom. The fourth-order valence-corrected chi connectivity index (χ4v) is 2.16. The summed E-state index contributed by atoms with van der Waals surface area (Å²) in [6, 6.07) is 4.04. The van der Waals surface area contributed by atoms with E-state index in [9.17, 15) is 4.79 Å². The van der Waals surface area contributed by atoms with E-state index in [0.29, 0.717) is 11.7 Å². The van der Waals surface area contributed by atoms with Gasteiger partial charge in [-0.15, -0.1) is 11.3 Å². The van der Waals surface area contributed by atoms with Crippen molar-refractivity contribution in [1.82, 2.24) is 0 Å². The van der Waals surface area contributed by atoms with Crippen LogP contribution in [0.4, 0.5) is 0 Å². The van der Waals surface area contributed by atoms with Crippen LogP contribution in [-0.4, -0.2) is 5.78 Å². The molecule has 10 heavy (non-hydrogen) atoms. The molecule has 1 aromatic rings. The summed E-state index contributed by atoms with van der Waals surface area (Å²) >= 11 is 1.68. The number of thiophene rings is 1. The molecule has 2 atom stereocenters. The van der Waals surface area contributed by atoms with Crippen LogP contribution in [0.1, 0.15) is 17.7 Å². The number of Topliss-reactive ketones (excluding diaryl/α,β-unsaturated/α-hetero) is 1. The molecule has 2 heteroatoms. The van der Waals surface area contributed by atoms with E-state index in [0.717, 1.165) is 0 Å². The standard InChI is InChI=1S/C8H8OS/c1-5-7(8(5)9)6-3-2-4-10-6/h2-5,7H,1H3. The van der Waals surface area contributed by atoms with Crippen LogP contribution in [0.5, 0.6) is 0 Å². The average molecular weight is 152 g/mol. The van der Waals surface area contributed by atoms with Crippen molar-refractivity contribution in [2.24, 2.45) is 5.92 Å².